The zero-order valence-electron chi connectivity index (χ0n) is 14.9. The predicted molar refractivity (Wildman–Crippen MR) is 98.7 cm³/mol. The molecule has 2 rings (SSSR count). The molecular weight excluding hydrogens is 332 g/mol. The van der Waals surface area contributed by atoms with Gasteiger partial charge in [0.2, 0.25) is 0 Å². The van der Waals surface area contributed by atoms with Gasteiger partial charge in [-0.3, -0.25) is 9.59 Å². The molecule has 6 heteroatoms. The first kappa shape index (κ1) is 19.5. The largest absolute Gasteiger partial charge is 0.493 e. The average molecular weight is 356 g/mol. The molecule has 0 spiro atoms. The summed E-state index contributed by atoms with van der Waals surface area (Å²) >= 11 is 0. The van der Waals surface area contributed by atoms with E-state index in [1.807, 2.05) is 6.92 Å². The fraction of sp³-hybridized carbons (Fsp3) is 0.400. The lowest BCUT2D eigenvalue weighted by Crippen LogP contribution is -2.57. The van der Waals surface area contributed by atoms with E-state index in [9.17, 15) is 14.7 Å². The summed E-state index contributed by atoms with van der Waals surface area (Å²) in [6.07, 6.45) is 5.71. The molecule has 1 aromatic carbocycles. The van der Waals surface area contributed by atoms with E-state index in [0.717, 1.165) is 0 Å². The minimum Gasteiger partial charge on any atom is -0.493 e. The van der Waals surface area contributed by atoms with Crippen LogP contribution in [-0.2, 0) is 4.79 Å². The maximum atomic E-state index is 12.7. The van der Waals surface area contributed by atoms with Crippen molar-refractivity contribution in [1.82, 2.24) is 9.80 Å². The molecule has 1 N–H and O–H groups in total. The number of carbonyl (C=O) groups excluding carboxylic acids is 2. The van der Waals surface area contributed by atoms with Gasteiger partial charge >= 0.3 is 0 Å². The fourth-order valence-corrected chi connectivity index (χ4v) is 2.84. The van der Waals surface area contributed by atoms with Gasteiger partial charge in [-0.1, -0.05) is 12.7 Å². The molecule has 1 fully saturated rings. The van der Waals surface area contributed by atoms with Gasteiger partial charge in [0.05, 0.1) is 6.61 Å². The number of ether oxygens (including phenoxy) is 1. The number of terminal acetylenes is 1. The molecule has 0 radical (unpaired) electrons. The summed E-state index contributed by atoms with van der Waals surface area (Å²) in [6.45, 7) is 6.93. The van der Waals surface area contributed by atoms with Crippen LogP contribution < -0.4 is 4.74 Å². The summed E-state index contributed by atoms with van der Waals surface area (Å²) in [7, 11) is 0. The molecule has 138 valence electrons. The second-order valence-corrected chi connectivity index (χ2v) is 6.14. The number of benzene rings is 1. The first-order valence-corrected chi connectivity index (χ1v) is 8.54. The van der Waals surface area contributed by atoms with Gasteiger partial charge < -0.3 is 19.6 Å². The quantitative estimate of drug-likeness (QED) is 0.474. The Morgan fingerprint density at radius 2 is 2.12 bits per heavy atom. The van der Waals surface area contributed by atoms with Gasteiger partial charge in [0.25, 0.3) is 11.8 Å². The Labute approximate surface area is 154 Å². The maximum Gasteiger partial charge on any atom is 0.255 e. The van der Waals surface area contributed by atoms with Gasteiger partial charge in [-0.2, -0.15) is 0 Å². The lowest BCUT2D eigenvalue weighted by Gasteiger charge is -2.40. The van der Waals surface area contributed by atoms with E-state index in [0.29, 0.717) is 44.0 Å². The number of piperazine rings is 1. The van der Waals surface area contributed by atoms with Crippen molar-refractivity contribution in [2.75, 3.05) is 26.2 Å². The second kappa shape index (κ2) is 9.07. The molecule has 2 atom stereocenters. The zero-order valence-corrected chi connectivity index (χ0v) is 14.9. The SMILES string of the molecule is C#CCCOc1ccc(C(=O)N2CCN(C(=O)C(O)C=C)[C@H](C)C2)cc1. The Morgan fingerprint density at radius 3 is 2.69 bits per heavy atom. The molecular formula is C20H24N2O4. The van der Waals surface area contributed by atoms with Crippen LogP contribution in [0.25, 0.3) is 0 Å². The van der Waals surface area contributed by atoms with Crippen molar-refractivity contribution in [1.29, 1.82) is 0 Å². The van der Waals surface area contributed by atoms with Gasteiger partial charge in [-0.15, -0.1) is 12.3 Å². The molecule has 1 heterocycles. The van der Waals surface area contributed by atoms with Crippen molar-refractivity contribution in [3.05, 3.63) is 42.5 Å². The topological polar surface area (TPSA) is 70.1 Å². The van der Waals surface area contributed by atoms with Crippen LogP contribution in [-0.4, -0.2) is 65.1 Å². The number of carbonyl (C=O) groups is 2. The average Bonchev–Trinajstić information content (AvgIpc) is 2.67. The lowest BCUT2D eigenvalue weighted by atomic mass is 10.1. The Kier molecular flexibility index (Phi) is 6.81. The number of amides is 2. The van der Waals surface area contributed by atoms with Crippen LogP contribution in [0.1, 0.15) is 23.7 Å². The minimum absolute atomic E-state index is 0.0941. The Morgan fingerprint density at radius 1 is 1.42 bits per heavy atom. The predicted octanol–water partition coefficient (Wildman–Crippen LogP) is 1.31. The molecule has 1 aliphatic heterocycles. The smallest absolute Gasteiger partial charge is 0.255 e. The molecule has 2 amide bonds. The molecule has 6 nitrogen and oxygen atoms in total. The molecule has 0 aliphatic carbocycles. The van der Waals surface area contributed by atoms with Crippen molar-refractivity contribution in [3.8, 4) is 18.1 Å². The van der Waals surface area contributed by atoms with Gasteiger partial charge in [-0.25, -0.2) is 0 Å². The third-order valence-electron chi connectivity index (χ3n) is 4.29. The Hall–Kier alpha value is -2.78. The number of hydrogen-bond acceptors (Lipinski definition) is 4. The summed E-state index contributed by atoms with van der Waals surface area (Å²) in [5.41, 5.74) is 0.562. The molecule has 0 saturated carbocycles. The van der Waals surface area contributed by atoms with Crippen LogP contribution in [0.4, 0.5) is 0 Å². The van der Waals surface area contributed by atoms with Crippen LogP contribution in [0.2, 0.25) is 0 Å². The van der Waals surface area contributed by atoms with Crippen molar-refractivity contribution >= 4 is 11.8 Å². The van der Waals surface area contributed by atoms with E-state index in [4.69, 9.17) is 11.2 Å². The van der Waals surface area contributed by atoms with Gasteiger partial charge in [0.1, 0.15) is 5.75 Å². The van der Waals surface area contributed by atoms with E-state index in [-0.39, 0.29) is 17.9 Å². The molecule has 1 aromatic rings. The Balaban J connectivity index is 1.96. The van der Waals surface area contributed by atoms with Crippen molar-refractivity contribution in [3.63, 3.8) is 0 Å². The summed E-state index contributed by atoms with van der Waals surface area (Å²) in [4.78, 5) is 28.1. The number of hydrogen-bond donors (Lipinski definition) is 1. The zero-order chi connectivity index (χ0) is 19.1. The van der Waals surface area contributed by atoms with Crippen LogP contribution in [0, 0.1) is 12.3 Å². The summed E-state index contributed by atoms with van der Waals surface area (Å²) < 4.78 is 5.47. The van der Waals surface area contributed by atoms with Crippen LogP contribution >= 0.6 is 0 Å². The number of aliphatic hydroxyl groups excluding tert-OH is 1. The highest BCUT2D eigenvalue weighted by Gasteiger charge is 2.32. The maximum absolute atomic E-state index is 12.7. The standard InChI is InChI=1S/C20H24N2O4/c1-4-6-13-26-17-9-7-16(8-10-17)19(24)21-11-12-22(15(3)14-21)20(25)18(23)5-2/h1,5,7-10,15,18,23H,2,6,11-14H2,3H3/t15-,18?/m1/s1. The molecule has 0 bridgehead atoms. The second-order valence-electron chi connectivity index (χ2n) is 6.14. The van der Waals surface area contributed by atoms with Gasteiger partial charge in [-0.05, 0) is 31.2 Å². The summed E-state index contributed by atoms with van der Waals surface area (Å²) in [5.74, 6) is 2.69. The number of nitrogens with zero attached hydrogens (tertiary/aromatic N) is 2. The fourth-order valence-electron chi connectivity index (χ4n) is 2.84. The first-order valence-electron chi connectivity index (χ1n) is 8.54. The highest BCUT2D eigenvalue weighted by Crippen LogP contribution is 2.17. The van der Waals surface area contributed by atoms with E-state index >= 15 is 0 Å². The molecule has 1 unspecified atom stereocenters. The van der Waals surface area contributed by atoms with E-state index in [1.54, 1.807) is 34.1 Å². The number of rotatable bonds is 6. The van der Waals surface area contributed by atoms with Crippen molar-refractivity contribution in [2.24, 2.45) is 0 Å². The van der Waals surface area contributed by atoms with Crippen LogP contribution in [0.15, 0.2) is 36.9 Å². The molecule has 1 saturated heterocycles. The third-order valence-corrected chi connectivity index (χ3v) is 4.29. The lowest BCUT2D eigenvalue weighted by molar-refractivity contribution is -0.141. The van der Waals surface area contributed by atoms with Gasteiger partial charge in [0, 0.05) is 37.7 Å². The van der Waals surface area contributed by atoms with Crippen LogP contribution in [0.3, 0.4) is 0 Å². The highest BCUT2D eigenvalue weighted by atomic mass is 16.5. The van der Waals surface area contributed by atoms with Gasteiger partial charge in [0.15, 0.2) is 6.10 Å². The van der Waals surface area contributed by atoms with E-state index < -0.39 is 6.10 Å². The van der Waals surface area contributed by atoms with E-state index in [1.165, 1.54) is 6.08 Å². The normalized spacial score (nSPS) is 18.0. The van der Waals surface area contributed by atoms with Crippen molar-refractivity contribution in [2.45, 2.75) is 25.5 Å². The summed E-state index contributed by atoms with van der Waals surface area (Å²) in [5, 5.41) is 9.64. The molecule has 0 aromatic heterocycles. The van der Waals surface area contributed by atoms with Crippen LogP contribution in [0.5, 0.6) is 5.75 Å². The third kappa shape index (κ3) is 4.64. The molecule has 26 heavy (non-hydrogen) atoms. The highest BCUT2D eigenvalue weighted by molar-refractivity contribution is 5.94. The monoisotopic (exact) mass is 356 g/mol. The van der Waals surface area contributed by atoms with E-state index in [2.05, 4.69) is 12.5 Å². The number of aliphatic hydroxyl groups is 1. The molecule has 1 aliphatic rings. The summed E-state index contributed by atoms with van der Waals surface area (Å²) in [6, 6.07) is 6.75. The minimum atomic E-state index is -1.21. The first-order chi connectivity index (χ1) is 12.5. The van der Waals surface area contributed by atoms with Crippen molar-refractivity contribution < 1.29 is 19.4 Å². The Bertz CT molecular complexity index is 693.